The van der Waals surface area contributed by atoms with Crippen molar-refractivity contribution in [3.8, 4) is 0 Å². The maximum atomic E-state index is 6.15. The highest BCUT2D eigenvalue weighted by Gasteiger charge is 2.13. The summed E-state index contributed by atoms with van der Waals surface area (Å²) in [4.78, 5) is 8.31. The zero-order valence-corrected chi connectivity index (χ0v) is 11.6. The van der Waals surface area contributed by atoms with Crippen LogP contribution in [-0.4, -0.2) is 28.8 Å². The minimum Gasteiger partial charge on any atom is -0.368 e. The summed E-state index contributed by atoms with van der Waals surface area (Å²) < 4.78 is 0. The van der Waals surface area contributed by atoms with Crippen LogP contribution in [0, 0.1) is 5.92 Å². The molecule has 1 rings (SSSR count). The number of thioether (sulfide) groups is 1. The fourth-order valence-corrected chi connectivity index (χ4v) is 2.21. The van der Waals surface area contributed by atoms with E-state index in [-0.39, 0.29) is 6.04 Å². The quantitative estimate of drug-likeness (QED) is 0.578. The van der Waals surface area contributed by atoms with Crippen LogP contribution >= 0.6 is 11.8 Å². The van der Waals surface area contributed by atoms with Crippen molar-refractivity contribution >= 4 is 17.6 Å². The molecular weight excluding hydrogens is 232 g/mol. The van der Waals surface area contributed by atoms with Crippen LogP contribution in [0.15, 0.2) is 17.4 Å². The van der Waals surface area contributed by atoms with Gasteiger partial charge in [0.05, 0.1) is 0 Å². The van der Waals surface area contributed by atoms with Crippen molar-refractivity contribution in [3.05, 3.63) is 12.4 Å². The molecule has 1 unspecified atom stereocenters. The number of nitrogens with one attached hydrogen (secondary N) is 1. The van der Waals surface area contributed by atoms with E-state index >= 15 is 0 Å². The fourth-order valence-electron chi connectivity index (χ4n) is 1.83. The molecule has 17 heavy (non-hydrogen) atoms. The third-order valence-electron chi connectivity index (χ3n) is 3.02. The number of nitrogens with zero attached hydrogens (tertiary/aromatic N) is 2. The average molecular weight is 254 g/mol. The van der Waals surface area contributed by atoms with Gasteiger partial charge in [-0.3, -0.25) is 0 Å². The molecule has 0 fully saturated rings. The second-order valence-electron chi connectivity index (χ2n) is 4.07. The molecule has 0 aliphatic heterocycles. The van der Waals surface area contributed by atoms with Crippen LogP contribution in [0.4, 0.5) is 5.82 Å². The highest BCUT2D eigenvalue weighted by Crippen LogP contribution is 2.15. The van der Waals surface area contributed by atoms with Gasteiger partial charge in [-0.05, 0) is 12.2 Å². The van der Waals surface area contributed by atoms with Crippen LogP contribution in [0.25, 0.3) is 0 Å². The van der Waals surface area contributed by atoms with Gasteiger partial charge in [0, 0.05) is 18.7 Å². The number of aromatic nitrogens is 2. The van der Waals surface area contributed by atoms with E-state index in [0.717, 1.165) is 30.2 Å². The SMILES string of the molecule is CCC(CC)C(N)CNc1cc(SC)ncn1. The van der Waals surface area contributed by atoms with E-state index in [0.29, 0.717) is 5.92 Å². The Labute approximate surface area is 108 Å². The zero-order valence-electron chi connectivity index (χ0n) is 10.8. The standard InChI is InChI=1S/C12H22N4S/c1-4-9(5-2)10(13)7-14-11-6-12(17-3)16-8-15-11/h6,8-10H,4-5,7,13H2,1-3H3,(H,14,15,16). The van der Waals surface area contributed by atoms with Crippen molar-refractivity contribution in [1.82, 2.24) is 9.97 Å². The molecule has 4 nitrogen and oxygen atoms in total. The van der Waals surface area contributed by atoms with E-state index in [4.69, 9.17) is 5.73 Å². The molecule has 1 atom stereocenters. The van der Waals surface area contributed by atoms with Crippen molar-refractivity contribution in [1.29, 1.82) is 0 Å². The first-order chi connectivity index (χ1) is 8.21. The molecule has 0 saturated heterocycles. The van der Waals surface area contributed by atoms with Crippen LogP contribution < -0.4 is 11.1 Å². The van der Waals surface area contributed by atoms with Gasteiger partial charge in [-0.25, -0.2) is 9.97 Å². The van der Waals surface area contributed by atoms with Crippen LogP contribution in [-0.2, 0) is 0 Å². The van der Waals surface area contributed by atoms with Gasteiger partial charge in [-0.15, -0.1) is 11.8 Å². The fraction of sp³-hybridized carbons (Fsp3) is 0.667. The van der Waals surface area contributed by atoms with Crippen molar-refractivity contribution in [2.75, 3.05) is 18.1 Å². The first-order valence-electron chi connectivity index (χ1n) is 6.06. The number of nitrogens with two attached hydrogens (primary N) is 1. The Kier molecular flexibility index (Phi) is 6.29. The Morgan fingerprint density at radius 2 is 2.06 bits per heavy atom. The van der Waals surface area contributed by atoms with Gasteiger partial charge >= 0.3 is 0 Å². The number of hydrogen-bond donors (Lipinski definition) is 2. The van der Waals surface area contributed by atoms with E-state index in [1.54, 1.807) is 18.1 Å². The largest absolute Gasteiger partial charge is 0.368 e. The lowest BCUT2D eigenvalue weighted by Crippen LogP contribution is -2.36. The molecule has 3 N–H and O–H groups in total. The molecule has 0 aliphatic carbocycles. The number of anilines is 1. The van der Waals surface area contributed by atoms with Gasteiger partial charge in [0.25, 0.3) is 0 Å². The van der Waals surface area contributed by atoms with Crippen molar-refractivity contribution < 1.29 is 0 Å². The topological polar surface area (TPSA) is 63.8 Å². The maximum absolute atomic E-state index is 6.15. The highest BCUT2D eigenvalue weighted by molar-refractivity contribution is 7.98. The van der Waals surface area contributed by atoms with Gasteiger partial charge in [0.2, 0.25) is 0 Å². The lowest BCUT2D eigenvalue weighted by atomic mass is 9.95. The highest BCUT2D eigenvalue weighted by atomic mass is 32.2. The Hall–Kier alpha value is -0.810. The van der Waals surface area contributed by atoms with Crippen molar-refractivity contribution in [2.45, 2.75) is 37.8 Å². The number of rotatable bonds is 7. The van der Waals surface area contributed by atoms with Crippen LogP contribution in [0.3, 0.4) is 0 Å². The first-order valence-corrected chi connectivity index (χ1v) is 7.29. The molecule has 0 spiro atoms. The Bertz CT molecular complexity index is 328. The summed E-state index contributed by atoms with van der Waals surface area (Å²) in [6.07, 6.45) is 5.83. The normalized spacial score (nSPS) is 12.8. The van der Waals surface area contributed by atoms with E-state index in [1.807, 2.05) is 12.3 Å². The summed E-state index contributed by atoms with van der Waals surface area (Å²) >= 11 is 1.61. The summed E-state index contributed by atoms with van der Waals surface area (Å²) in [7, 11) is 0. The predicted molar refractivity (Wildman–Crippen MR) is 74.4 cm³/mol. The van der Waals surface area contributed by atoms with Gasteiger partial charge in [-0.1, -0.05) is 26.7 Å². The Morgan fingerprint density at radius 3 is 2.65 bits per heavy atom. The monoisotopic (exact) mass is 254 g/mol. The molecule has 0 saturated carbocycles. The first kappa shape index (κ1) is 14.3. The minimum atomic E-state index is 0.178. The molecule has 0 aliphatic rings. The van der Waals surface area contributed by atoms with Crippen molar-refractivity contribution in [2.24, 2.45) is 11.7 Å². The average Bonchev–Trinajstić information content (AvgIpc) is 2.38. The summed E-state index contributed by atoms with van der Waals surface area (Å²) in [5.41, 5.74) is 6.15. The molecule has 0 amide bonds. The lowest BCUT2D eigenvalue weighted by Gasteiger charge is -2.21. The summed E-state index contributed by atoms with van der Waals surface area (Å²) in [5, 5.41) is 4.25. The predicted octanol–water partition coefficient (Wildman–Crippen LogP) is 2.37. The summed E-state index contributed by atoms with van der Waals surface area (Å²) in [6, 6.07) is 2.13. The molecule has 0 aromatic carbocycles. The second-order valence-corrected chi connectivity index (χ2v) is 4.89. The van der Waals surface area contributed by atoms with E-state index in [2.05, 4.69) is 29.1 Å². The van der Waals surface area contributed by atoms with Gasteiger partial charge in [-0.2, -0.15) is 0 Å². The molecule has 1 aromatic rings. The third kappa shape index (κ3) is 4.52. The molecule has 5 heteroatoms. The lowest BCUT2D eigenvalue weighted by molar-refractivity contribution is 0.407. The third-order valence-corrected chi connectivity index (χ3v) is 3.67. The molecule has 96 valence electrons. The molecule has 1 aromatic heterocycles. The van der Waals surface area contributed by atoms with Crippen molar-refractivity contribution in [3.63, 3.8) is 0 Å². The van der Waals surface area contributed by atoms with Crippen LogP contribution in [0.1, 0.15) is 26.7 Å². The zero-order chi connectivity index (χ0) is 12.7. The molecule has 1 heterocycles. The maximum Gasteiger partial charge on any atom is 0.130 e. The van der Waals surface area contributed by atoms with Gasteiger partial charge in [0.15, 0.2) is 0 Å². The second kappa shape index (κ2) is 7.50. The van der Waals surface area contributed by atoms with Crippen LogP contribution in [0.2, 0.25) is 0 Å². The Morgan fingerprint density at radius 1 is 1.35 bits per heavy atom. The van der Waals surface area contributed by atoms with Crippen LogP contribution in [0.5, 0.6) is 0 Å². The van der Waals surface area contributed by atoms with Gasteiger partial charge in [0.1, 0.15) is 17.2 Å². The van der Waals surface area contributed by atoms with E-state index in [1.165, 1.54) is 0 Å². The molecule has 0 radical (unpaired) electrons. The van der Waals surface area contributed by atoms with Gasteiger partial charge < -0.3 is 11.1 Å². The molecule has 0 bridgehead atoms. The summed E-state index contributed by atoms with van der Waals surface area (Å²) in [5.74, 6) is 1.43. The van der Waals surface area contributed by atoms with E-state index in [9.17, 15) is 0 Å². The Balaban J connectivity index is 2.49. The summed E-state index contributed by atoms with van der Waals surface area (Å²) in [6.45, 7) is 5.13. The number of hydrogen-bond acceptors (Lipinski definition) is 5. The molecular formula is C12H22N4S. The smallest absolute Gasteiger partial charge is 0.130 e. The minimum absolute atomic E-state index is 0.178. The van der Waals surface area contributed by atoms with E-state index < -0.39 is 0 Å².